The van der Waals surface area contributed by atoms with E-state index in [-0.39, 0.29) is 5.92 Å². The van der Waals surface area contributed by atoms with E-state index in [1.54, 1.807) is 7.11 Å². The molecule has 1 aliphatic heterocycles. The van der Waals surface area contributed by atoms with Crippen LogP contribution in [0.15, 0.2) is 112 Å². The maximum Gasteiger partial charge on any atom is 0.204 e. The first-order valence-electron chi connectivity index (χ1n) is 11.9. The predicted molar refractivity (Wildman–Crippen MR) is 144 cm³/mol. The van der Waals surface area contributed by atoms with Gasteiger partial charge in [0.2, 0.25) is 5.89 Å². The standard InChI is InChI=1S/C31H25N3O2/c1-20(31-34-27-13-6-7-14-30(27)36-31)26-16-15-23(32-26)18-29-25(22-11-8-12-24(17-22)35-2)19-28(33-29)21-9-4-3-5-10-21/h3-20,32H,1-2H3/b29-18-. The highest BCUT2D eigenvalue weighted by Gasteiger charge is 2.20. The third kappa shape index (κ3) is 4.16. The van der Waals surface area contributed by atoms with Crippen molar-refractivity contribution in [2.24, 2.45) is 4.99 Å². The van der Waals surface area contributed by atoms with Gasteiger partial charge in [0.05, 0.1) is 24.4 Å². The number of aromatic nitrogens is 2. The van der Waals surface area contributed by atoms with Crippen molar-refractivity contribution in [2.75, 3.05) is 7.11 Å². The summed E-state index contributed by atoms with van der Waals surface area (Å²) in [6.07, 6.45) is 4.23. The Morgan fingerprint density at radius 1 is 0.889 bits per heavy atom. The molecule has 0 saturated carbocycles. The van der Waals surface area contributed by atoms with E-state index in [0.717, 1.165) is 56.3 Å². The van der Waals surface area contributed by atoms with E-state index in [1.807, 2.05) is 60.7 Å². The van der Waals surface area contributed by atoms with Gasteiger partial charge in [0.15, 0.2) is 5.58 Å². The van der Waals surface area contributed by atoms with E-state index in [0.29, 0.717) is 5.89 Å². The average Bonchev–Trinajstić information content (AvgIpc) is 3.67. The van der Waals surface area contributed by atoms with Crippen LogP contribution in [0.2, 0.25) is 0 Å². The molecule has 5 heteroatoms. The Hall–Kier alpha value is -4.64. The van der Waals surface area contributed by atoms with E-state index in [9.17, 15) is 0 Å². The first-order chi connectivity index (χ1) is 17.7. The fourth-order valence-corrected chi connectivity index (χ4v) is 4.44. The molecule has 1 atom stereocenters. The quantitative estimate of drug-likeness (QED) is 0.284. The van der Waals surface area contributed by atoms with Crippen molar-refractivity contribution < 1.29 is 9.15 Å². The van der Waals surface area contributed by atoms with Crippen molar-refractivity contribution >= 4 is 28.5 Å². The lowest BCUT2D eigenvalue weighted by atomic mass is 10.0. The molecular formula is C31H25N3O2. The molecule has 3 aromatic carbocycles. The Morgan fingerprint density at radius 3 is 2.53 bits per heavy atom. The topological polar surface area (TPSA) is 63.4 Å². The van der Waals surface area contributed by atoms with Crippen LogP contribution in [0, 0.1) is 0 Å². The predicted octanol–water partition coefficient (Wildman–Crippen LogP) is 7.24. The van der Waals surface area contributed by atoms with E-state index < -0.39 is 0 Å². The highest BCUT2D eigenvalue weighted by atomic mass is 16.5. The van der Waals surface area contributed by atoms with Gasteiger partial charge in [0.1, 0.15) is 11.3 Å². The fraction of sp³-hybridized carbons (Fsp3) is 0.0968. The molecule has 0 spiro atoms. The third-order valence-electron chi connectivity index (χ3n) is 6.42. The van der Waals surface area contributed by atoms with E-state index >= 15 is 0 Å². The first kappa shape index (κ1) is 21.9. The molecule has 0 amide bonds. The van der Waals surface area contributed by atoms with Crippen LogP contribution in [0.5, 0.6) is 5.75 Å². The van der Waals surface area contributed by atoms with E-state index in [1.165, 1.54) is 0 Å². The van der Waals surface area contributed by atoms with Gasteiger partial charge in [0.25, 0.3) is 0 Å². The molecule has 1 unspecified atom stereocenters. The second kappa shape index (κ2) is 9.19. The number of fused-ring (bicyclic) bond motifs is 1. The fourth-order valence-electron chi connectivity index (χ4n) is 4.44. The van der Waals surface area contributed by atoms with Gasteiger partial charge >= 0.3 is 0 Å². The number of nitrogens with one attached hydrogen (secondary N) is 1. The Balaban J connectivity index is 1.36. The van der Waals surface area contributed by atoms with Gasteiger partial charge < -0.3 is 14.1 Å². The number of benzene rings is 3. The van der Waals surface area contributed by atoms with E-state index in [4.69, 9.17) is 14.1 Å². The Kier molecular flexibility index (Phi) is 5.58. The number of para-hydroxylation sites is 2. The van der Waals surface area contributed by atoms with Crippen LogP contribution in [0.4, 0.5) is 0 Å². The molecule has 0 aliphatic carbocycles. The lowest BCUT2D eigenvalue weighted by molar-refractivity contribution is 0.414. The molecule has 5 nitrogen and oxygen atoms in total. The molecule has 0 radical (unpaired) electrons. The molecule has 176 valence electrons. The van der Waals surface area contributed by atoms with Crippen LogP contribution in [0.25, 0.3) is 22.7 Å². The zero-order valence-electron chi connectivity index (χ0n) is 20.1. The lowest BCUT2D eigenvalue weighted by Gasteiger charge is -2.07. The summed E-state index contributed by atoms with van der Waals surface area (Å²) in [7, 11) is 1.68. The number of aromatic amines is 1. The molecule has 3 heterocycles. The second-order valence-corrected chi connectivity index (χ2v) is 8.79. The van der Waals surface area contributed by atoms with Crippen molar-refractivity contribution in [1.82, 2.24) is 9.97 Å². The van der Waals surface area contributed by atoms with Crippen LogP contribution in [-0.2, 0) is 0 Å². The van der Waals surface area contributed by atoms with Crippen LogP contribution >= 0.6 is 0 Å². The van der Waals surface area contributed by atoms with E-state index in [2.05, 4.69) is 59.4 Å². The minimum Gasteiger partial charge on any atom is -0.497 e. The Bertz CT molecular complexity index is 1600. The van der Waals surface area contributed by atoms with Crippen molar-refractivity contribution in [3.05, 3.63) is 131 Å². The highest BCUT2D eigenvalue weighted by molar-refractivity contribution is 6.18. The number of ether oxygens (including phenoxy) is 1. The summed E-state index contributed by atoms with van der Waals surface area (Å²) in [4.78, 5) is 13.2. The summed E-state index contributed by atoms with van der Waals surface area (Å²) in [5, 5.41) is 0. The summed E-state index contributed by atoms with van der Waals surface area (Å²) >= 11 is 0. The number of nitrogens with zero attached hydrogens (tertiary/aromatic N) is 2. The first-order valence-corrected chi connectivity index (χ1v) is 11.9. The minimum absolute atomic E-state index is 0.00935. The monoisotopic (exact) mass is 471 g/mol. The molecule has 5 aromatic rings. The zero-order chi connectivity index (χ0) is 24.5. The van der Waals surface area contributed by atoms with Gasteiger partial charge in [-0.1, -0.05) is 54.6 Å². The number of hydrogen-bond donors (Lipinski definition) is 1. The number of rotatable bonds is 6. The Morgan fingerprint density at radius 2 is 1.69 bits per heavy atom. The van der Waals surface area contributed by atoms with Crippen LogP contribution in [-0.4, -0.2) is 22.8 Å². The van der Waals surface area contributed by atoms with Gasteiger partial charge in [-0.2, -0.15) is 0 Å². The molecule has 36 heavy (non-hydrogen) atoms. The Labute approximate surface area is 209 Å². The molecule has 0 saturated heterocycles. The molecule has 1 N–H and O–H groups in total. The smallest absolute Gasteiger partial charge is 0.204 e. The molecule has 2 aromatic heterocycles. The molecule has 6 rings (SSSR count). The average molecular weight is 472 g/mol. The van der Waals surface area contributed by atoms with Gasteiger partial charge in [-0.05, 0) is 61.0 Å². The molecule has 0 bridgehead atoms. The van der Waals surface area contributed by atoms with Crippen molar-refractivity contribution in [3.8, 4) is 5.75 Å². The summed E-state index contributed by atoms with van der Waals surface area (Å²) < 4.78 is 11.5. The van der Waals surface area contributed by atoms with Crippen LogP contribution in [0.3, 0.4) is 0 Å². The van der Waals surface area contributed by atoms with Crippen LogP contribution in [0.1, 0.15) is 41.2 Å². The van der Waals surface area contributed by atoms with Gasteiger partial charge in [0, 0.05) is 22.5 Å². The van der Waals surface area contributed by atoms with Crippen molar-refractivity contribution in [1.29, 1.82) is 0 Å². The number of oxazole rings is 1. The van der Waals surface area contributed by atoms with Crippen molar-refractivity contribution in [3.63, 3.8) is 0 Å². The SMILES string of the molecule is COc1cccc(C2=CC(c3ccccc3)=N/C2=C\c2ccc(C(C)c3nc4ccccc4o3)[nH]2)c1. The number of H-pyrrole nitrogens is 1. The largest absolute Gasteiger partial charge is 0.497 e. The highest BCUT2D eigenvalue weighted by Crippen LogP contribution is 2.34. The van der Waals surface area contributed by atoms with Crippen LogP contribution < -0.4 is 4.74 Å². The third-order valence-corrected chi connectivity index (χ3v) is 6.42. The lowest BCUT2D eigenvalue weighted by Crippen LogP contribution is -1.96. The number of hydrogen-bond acceptors (Lipinski definition) is 4. The summed E-state index contributed by atoms with van der Waals surface area (Å²) in [6, 6.07) is 30.3. The normalized spacial score (nSPS) is 15.2. The summed E-state index contributed by atoms with van der Waals surface area (Å²) in [5.74, 6) is 1.50. The van der Waals surface area contributed by atoms with Gasteiger partial charge in [-0.25, -0.2) is 9.98 Å². The maximum atomic E-state index is 6.00. The number of methoxy groups -OCH3 is 1. The minimum atomic E-state index is -0.00935. The maximum absolute atomic E-state index is 6.00. The molecule has 1 aliphatic rings. The van der Waals surface area contributed by atoms with Crippen molar-refractivity contribution in [2.45, 2.75) is 12.8 Å². The summed E-state index contributed by atoms with van der Waals surface area (Å²) in [6.45, 7) is 2.09. The number of aliphatic imine (C=N–C) groups is 1. The van der Waals surface area contributed by atoms with Gasteiger partial charge in [-0.3, -0.25) is 0 Å². The second-order valence-electron chi connectivity index (χ2n) is 8.79. The zero-order valence-corrected chi connectivity index (χ0v) is 20.1. The summed E-state index contributed by atoms with van der Waals surface area (Å²) in [5.41, 5.74) is 8.69. The van der Waals surface area contributed by atoms with Gasteiger partial charge in [-0.15, -0.1) is 0 Å². The molecular weight excluding hydrogens is 446 g/mol. The number of allylic oxidation sites excluding steroid dienone is 2. The molecule has 0 fully saturated rings.